The summed E-state index contributed by atoms with van der Waals surface area (Å²) in [6.45, 7) is 2.17. The number of H-pyrrole nitrogens is 1. The molecule has 2 aliphatic rings. The Bertz CT molecular complexity index is 892. The summed E-state index contributed by atoms with van der Waals surface area (Å²) in [4.78, 5) is 51.2. The van der Waals surface area contributed by atoms with Crippen molar-refractivity contribution in [3.8, 4) is 0 Å². The van der Waals surface area contributed by atoms with Crippen molar-refractivity contribution in [1.82, 2.24) is 19.7 Å². The number of nitrogens with one attached hydrogen (secondary N) is 1. The molecule has 3 heterocycles. The minimum Gasteiger partial charge on any atom is -0.477 e. The standard InChI is InChI=1S/C13H15N5O5S2/c1-2-17-13(15-8(19)9(20)16-17)25-4-5-3-24-11-6(14)10(21)18(11)7(5)12(22)23/h6,11H,2-4,14H2,1H3,(H,16,20)(H,22,23)/t6-,11-/m1/s1. The molecule has 0 radical (unpaired) electrons. The zero-order valence-corrected chi connectivity index (χ0v) is 14.7. The van der Waals surface area contributed by atoms with Crippen LogP contribution in [0.1, 0.15) is 6.92 Å². The number of nitrogens with zero attached hydrogens (tertiary/aromatic N) is 3. The van der Waals surface area contributed by atoms with E-state index in [1.54, 1.807) is 6.92 Å². The van der Waals surface area contributed by atoms with E-state index in [0.717, 1.165) is 11.8 Å². The molecule has 2 atom stereocenters. The van der Waals surface area contributed by atoms with Crippen molar-refractivity contribution in [3.05, 3.63) is 32.0 Å². The number of nitrogens with two attached hydrogens (primary N) is 1. The van der Waals surface area contributed by atoms with Gasteiger partial charge in [0.15, 0.2) is 5.16 Å². The molecule has 1 aromatic rings. The van der Waals surface area contributed by atoms with Crippen molar-refractivity contribution in [1.29, 1.82) is 0 Å². The van der Waals surface area contributed by atoms with Crippen LogP contribution in [-0.2, 0) is 16.1 Å². The number of hydrogen-bond acceptors (Lipinski definition) is 8. The third kappa shape index (κ3) is 3.00. The Balaban J connectivity index is 1.88. The third-order valence-electron chi connectivity index (χ3n) is 3.84. The number of thioether (sulfide) groups is 2. The number of amides is 1. The molecule has 1 aromatic heterocycles. The number of aromatic nitrogens is 3. The molecule has 0 spiro atoms. The number of aliphatic carboxylic acids is 1. The van der Waals surface area contributed by atoms with Crippen LogP contribution in [0.5, 0.6) is 0 Å². The highest BCUT2D eigenvalue weighted by molar-refractivity contribution is 8.01. The molecule has 0 unspecified atom stereocenters. The van der Waals surface area contributed by atoms with E-state index < -0.39 is 29.0 Å². The van der Waals surface area contributed by atoms with Gasteiger partial charge in [0.2, 0.25) is 5.91 Å². The Morgan fingerprint density at radius 1 is 1.48 bits per heavy atom. The van der Waals surface area contributed by atoms with E-state index in [9.17, 15) is 24.3 Å². The van der Waals surface area contributed by atoms with E-state index in [4.69, 9.17) is 5.73 Å². The van der Waals surface area contributed by atoms with E-state index in [1.807, 2.05) is 0 Å². The molecule has 0 aromatic carbocycles. The Hall–Kier alpha value is -2.05. The summed E-state index contributed by atoms with van der Waals surface area (Å²) in [5, 5.41) is 11.8. The lowest BCUT2D eigenvalue weighted by Gasteiger charge is -2.48. The number of aromatic amines is 1. The quantitative estimate of drug-likeness (QED) is 0.316. The molecule has 12 heteroatoms. The monoisotopic (exact) mass is 385 g/mol. The first-order valence-electron chi connectivity index (χ1n) is 7.34. The number of carboxylic acid groups (broad SMARTS) is 1. The predicted octanol–water partition coefficient (Wildman–Crippen LogP) is -1.38. The highest BCUT2D eigenvalue weighted by atomic mass is 32.2. The van der Waals surface area contributed by atoms with Crippen LogP contribution in [0.3, 0.4) is 0 Å². The molecule has 0 saturated carbocycles. The molecule has 0 aliphatic carbocycles. The molecule has 1 amide bonds. The van der Waals surface area contributed by atoms with Crippen molar-refractivity contribution >= 4 is 35.4 Å². The van der Waals surface area contributed by atoms with Gasteiger partial charge in [0.1, 0.15) is 17.1 Å². The van der Waals surface area contributed by atoms with E-state index in [-0.39, 0.29) is 22.0 Å². The van der Waals surface area contributed by atoms with Crippen molar-refractivity contribution < 1.29 is 14.7 Å². The van der Waals surface area contributed by atoms with Gasteiger partial charge < -0.3 is 10.8 Å². The Labute approximate surface area is 149 Å². The second-order valence-electron chi connectivity index (χ2n) is 5.37. The normalized spacial score (nSPS) is 22.6. The second-order valence-corrected chi connectivity index (χ2v) is 7.41. The van der Waals surface area contributed by atoms with E-state index >= 15 is 0 Å². The molecular formula is C13H15N5O5S2. The maximum Gasteiger partial charge on any atom is 0.352 e. The van der Waals surface area contributed by atoms with Crippen LogP contribution >= 0.6 is 23.5 Å². The van der Waals surface area contributed by atoms with Crippen LogP contribution in [0, 0.1) is 0 Å². The highest BCUT2D eigenvalue weighted by Gasteiger charge is 2.51. The fourth-order valence-electron chi connectivity index (χ4n) is 2.58. The summed E-state index contributed by atoms with van der Waals surface area (Å²) >= 11 is 2.53. The fraction of sp³-hybridized carbons (Fsp3) is 0.462. The molecule has 10 nitrogen and oxygen atoms in total. The summed E-state index contributed by atoms with van der Waals surface area (Å²) in [6.07, 6.45) is 0. The van der Waals surface area contributed by atoms with Gasteiger partial charge in [-0.25, -0.2) is 4.79 Å². The molecule has 25 heavy (non-hydrogen) atoms. The number of carbonyl (C=O) groups is 2. The predicted molar refractivity (Wildman–Crippen MR) is 91.2 cm³/mol. The van der Waals surface area contributed by atoms with Crippen LogP contribution in [0.2, 0.25) is 0 Å². The largest absolute Gasteiger partial charge is 0.477 e. The Morgan fingerprint density at radius 2 is 2.20 bits per heavy atom. The fourth-order valence-corrected chi connectivity index (χ4v) is 5.03. The van der Waals surface area contributed by atoms with Crippen LogP contribution in [0.15, 0.2) is 26.0 Å². The van der Waals surface area contributed by atoms with Gasteiger partial charge in [0.25, 0.3) is 0 Å². The van der Waals surface area contributed by atoms with E-state index in [1.165, 1.54) is 21.3 Å². The minimum atomic E-state index is -1.19. The summed E-state index contributed by atoms with van der Waals surface area (Å²) in [7, 11) is 0. The molecule has 1 saturated heterocycles. The minimum absolute atomic E-state index is 0.0576. The number of fused-ring (bicyclic) bond motifs is 1. The Kier molecular flexibility index (Phi) is 4.75. The number of rotatable bonds is 5. The van der Waals surface area contributed by atoms with Gasteiger partial charge in [-0.3, -0.25) is 29.1 Å². The maximum atomic E-state index is 11.9. The number of aryl methyl sites for hydroxylation is 1. The van der Waals surface area contributed by atoms with Crippen molar-refractivity contribution in [2.45, 2.75) is 30.0 Å². The van der Waals surface area contributed by atoms with E-state index in [0.29, 0.717) is 17.9 Å². The second kappa shape index (κ2) is 6.69. The van der Waals surface area contributed by atoms with Crippen LogP contribution in [0.4, 0.5) is 0 Å². The average molecular weight is 385 g/mol. The Morgan fingerprint density at radius 3 is 2.84 bits per heavy atom. The van der Waals surface area contributed by atoms with Crippen molar-refractivity contribution in [2.24, 2.45) is 5.73 Å². The summed E-state index contributed by atoms with van der Waals surface area (Å²) < 4.78 is 1.42. The lowest BCUT2D eigenvalue weighted by Crippen LogP contribution is -2.68. The molecule has 134 valence electrons. The molecule has 1 fully saturated rings. The van der Waals surface area contributed by atoms with Gasteiger partial charge in [0.05, 0.1) is 0 Å². The SMILES string of the molecule is CCn1[nH]c(=O)c(=O)nc1SCC1=C(C(=O)O)N2C(=O)[C@@H](N)[C@H]2SC1. The van der Waals surface area contributed by atoms with Gasteiger partial charge in [-0.1, -0.05) is 11.8 Å². The molecule has 4 N–H and O–H groups in total. The molecule has 2 aliphatic heterocycles. The lowest BCUT2D eigenvalue weighted by molar-refractivity contribution is -0.147. The van der Waals surface area contributed by atoms with Crippen LogP contribution < -0.4 is 16.9 Å². The summed E-state index contributed by atoms with van der Waals surface area (Å²) in [6, 6.07) is -0.681. The number of β-lactam (4-membered cyclic amide) rings is 1. The van der Waals surface area contributed by atoms with Crippen molar-refractivity contribution in [3.63, 3.8) is 0 Å². The summed E-state index contributed by atoms with van der Waals surface area (Å²) in [5.74, 6) is -0.969. The van der Waals surface area contributed by atoms with Crippen molar-refractivity contribution in [2.75, 3.05) is 11.5 Å². The first-order chi connectivity index (χ1) is 11.8. The van der Waals surface area contributed by atoms with Gasteiger partial charge in [-0.05, 0) is 12.5 Å². The third-order valence-corrected chi connectivity index (χ3v) is 6.26. The number of carboxylic acids is 1. The molecule has 0 bridgehead atoms. The maximum absolute atomic E-state index is 11.9. The summed E-state index contributed by atoms with van der Waals surface area (Å²) in [5.41, 5.74) is 4.48. The first-order valence-corrected chi connectivity index (χ1v) is 9.38. The van der Waals surface area contributed by atoms with Gasteiger partial charge in [-0.2, -0.15) is 4.98 Å². The topological polar surface area (TPSA) is 151 Å². The zero-order valence-electron chi connectivity index (χ0n) is 13.1. The number of hydrogen-bond donors (Lipinski definition) is 3. The number of carbonyl (C=O) groups excluding carboxylic acids is 1. The highest BCUT2D eigenvalue weighted by Crippen LogP contribution is 2.40. The van der Waals surface area contributed by atoms with Crippen LogP contribution in [0.25, 0.3) is 0 Å². The molecular weight excluding hydrogens is 370 g/mol. The van der Waals surface area contributed by atoms with Gasteiger partial charge in [-0.15, -0.1) is 11.8 Å². The molecule has 3 rings (SSSR count). The van der Waals surface area contributed by atoms with Gasteiger partial charge in [0, 0.05) is 18.1 Å². The zero-order chi connectivity index (χ0) is 18.3. The first kappa shape index (κ1) is 17.8. The van der Waals surface area contributed by atoms with Gasteiger partial charge >= 0.3 is 17.1 Å². The average Bonchev–Trinajstić information content (AvgIpc) is 2.60. The van der Waals surface area contributed by atoms with Crippen LogP contribution in [-0.4, -0.2) is 59.6 Å². The lowest BCUT2D eigenvalue weighted by atomic mass is 10.0. The van der Waals surface area contributed by atoms with E-state index in [2.05, 4.69) is 10.1 Å². The smallest absolute Gasteiger partial charge is 0.352 e.